The molecular formula is C10H15F4NO4. The lowest BCUT2D eigenvalue weighted by Crippen LogP contribution is -2.49. The first kappa shape index (κ1) is 17.6. The molecule has 0 aromatic rings. The summed E-state index contributed by atoms with van der Waals surface area (Å²) in [7, 11) is 2.34. The zero-order valence-corrected chi connectivity index (χ0v) is 10.5. The molecule has 0 saturated carbocycles. The molecule has 112 valence electrons. The Morgan fingerprint density at radius 1 is 1.21 bits per heavy atom. The Labute approximate surface area is 107 Å². The van der Waals surface area contributed by atoms with Gasteiger partial charge in [-0.2, -0.15) is 8.78 Å². The molecule has 0 saturated heterocycles. The van der Waals surface area contributed by atoms with Crippen molar-refractivity contribution in [3.8, 4) is 0 Å². The Morgan fingerprint density at radius 2 is 1.79 bits per heavy atom. The van der Waals surface area contributed by atoms with Crippen LogP contribution in [0.4, 0.5) is 17.6 Å². The van der Waals surface area contributed by atoms with Gasteiger partial charge in [0.05, 0.1) is 20.1 Å². The fourth-order valence-corrected chi connectivity index (χ4v) is 1.15. The number of methoxy groups -OCH3 is 2. The number of hydrogen-bond acceptors (Lipinski definition) is 4. The number of halogens is 4. The van der Waals surface area contributed by atoms with Gasteiger partial charge >= 0.3 is 18.3 Å². The van der Waals surface area contributed by atoms with Crippen LogP contribution in [0.3, 0.4) is 0 Å². The molecule has 0 unspecified atom stereocenters. The van der Waals surface area contributed by atoms with Gasteiger partial charge in [0.25, 0.3) is 5.91 Å². The van der Waals surface area contributed by atoms with Crippen LogP contribution in [0.2, 0.25) is 0 Å². The summed E-state index contributed by atoms with van der Waals surface area (Å²) in [4.78, 5) is 22.6. The van der Waals surface area contributed by atoms with Crippen LogP contribution in [0.25, 0.3) is 0 Å². The highest BCUT2D eigenvalue weighted by molar-refractivity contribution is 5.84. The zero-order chi connectivity index (χ0) is 15.1. The highest BCUT2D eigenvalue weighted by atomic mass is 19.3. The Balaban J connectivity index is 4.73. The van der Waals surface area contributed by atoms with Gasteiger partial charge in [0, 0.05) is 20.2 Å². The predicted molar refractivity (Wildman–Crippen MR) is 56.0 cm³/mol. The van der Waals surface area contributed by atoms with E-state index in [4.69, 9.17) is 0 Å². The number of hydrogen-bond donors (Lipinski definition) is 0. The van der Waals surface area contributed by atoms with Crippen molar-refractivity contribution in [2.75, 3.05) is 33.9 Å². The van der Waals surface area contributed by atoms with E-state index in [2.05, 4.69) is 9.47 Å². The third-order valence-corrected chi connectivity index (χ3v) is 2.23. The first-order chi connectivity index (χ1) is 8.77. The highest BCUT2D eigenvalue weighted by Crippen LogP contribution is 2.25. The van der Waals surface area contributed by atoms with E-state index in [0.29, 0.717) is 4.90 Å². The van der Waals surface area contributed by atoms with E-state index in [1.807, 2.05) is 0 Å². The van der Waals surface area contributed by atoms with Gasteiger partial charge in [0.2, 0.25) is 0 Å². The number of amides is 1. The molecule has 0 aliphatic rings. The van der Waals surface area contributed by atoms with E-state index in [-0.39, 0.29) is 19.6 Å². The van der Waals surface area contributed by atoms with E-state index in [1.54, 1.807) is 0 Å². The maximum atomic E-state index is 12.9. The molecule has 0 bridgehead atoms. The second-order valence-electron chi connectivity index (χ2n) is 3.53. The largest absolute Gasteiger partial charge is 0.469 e. The number of carbonyl (C=O) groups excluding carboxylic acids is 2. The molecule has 1 amide bonds. The summed E-state index contributed by atoms with van der Waals surface area (Å²) in [5, 5.41) is 0. The Morgan fingerprint density at radius 3 is 2.21 bits per heavy atom. The molecule has 0 aliphatic carbocycles. The molecule has 0 atom stereocenters. The summed E-state index contributed by atoms with van der Waals surface area (Å²) in [5.74, 6) is -7.57. The summed E-state index contributed by atoms with van der Waals surface area (Å²) in [6, 6.07) is 0. The van der Waals surface area contributed by atoms with Crippen LogP contribution >= 0.6 is 0 Å². The van der Waals surface area contributed by atoms with Crippen molar-refractivity contribution < 1.29 is 36.6 Å². The maximum Gasteiger partial charge on any atom is 0.383 e. The zero-order valence-electron chi connectivity index (χ0n) is 10.5. The van der Waals surface area contributed by atoms with Crippen LogP contribution in [0, 0.1) is 0 Å². The lowest BCUT2D eigenvalue weighted by atomic mass is 10.2. The number of nitrogens with zero attached hydrogens (tertiary/aromatic N) is 1. The predicted octanol–water partition coefficient (Wildman–Crippen LogP) is 0.925. The number of rotatable bonds is 8. The number of ether oxygens (including phenoxy) is 2. The Kier molecular flexibility index (Phi) is 7.35. The molecule has 0 heterocycles. The first-order valence-electron chi connectivity index (χ1n) is 5.28. The lowest BCUT2D eigenvalue weighted by molar-refractivity contribution is -0.181. The quantitative estimate of drug-likeness (QED) is 0.492. The minimum absolute atomic E-state index is 0.119. The molecule has 0 radical (unpaired) electrons. The second-order valence-corrected chi connectivity index (χ2v) is 3.53. The Bertz CT molecular complexity index is 312. The van der Waals surface area contributed by atoms with Gasteiger partial charge in [0.15, 0.2) is 0 Å². The minimum Gasteiger partial charge on any atom is -0.469 e. The van der Waals surface area contributed by atoms with Gasteiger partial charge in [-0.15, -0.1) is 0 Å². The van der Waals surface area contributed by atoms with E-state index in [0.717, 1.165) is 7.11 Å². The lowest BCUT2D eigenvalue weighted by Gasteiger charge is -2.26. The van der Waals surface area contributed by atoms with Crippen molar-refractivity contribution in [3.63, 3.8) is 0 Å². The number of alkyl halides is 4. The average molecular weight is 289 g/mol. The van der Waals surface area contributed by atoms with Crippen molar-refractivity contribution in [1.29, 1.82) is 0 Å². The highest BCUT2D eigenvalue weighted by Gasteiger charge is 2.51. The monoisotopic (exact) mass is 289 g/mol. The van der Waals surface area contributed by atoms with Crippen LogP contribution in [0.15, 0.2) is 0 Å². The van der Waals surface area contributed by atoms with Crippen molar-refractivity contribution in [3.05, 3.63) is 0 Å². The number of esters is 1. The molecule has 0 fully saturated rings. The van der Waals surface area contributed by atoms with Gasteiger partial charge in [0.1, 0.15) is 0 Å². The van der Waals surface area contributed by atoms with Crippen LogP contribution in [0.1, 0.15) is 6.42 Å². The molecule has 0 aliphatic heterocycles. The molecule has 9 heteroatoms. The van der Waals surface area contributed by atoms with E-state index in [1.165, 1.54) is 7.11 Å². The number of carbonyl (C=O) groups is 2. The fraction of sp³-hybridized carbons (Fsp3) is 0.800. The van der Waals surface area contributed by atoms with Gasteiger partial charge in [-0.1, -0.05) is 0 Å². The van der Waals surface area contributed by atoms with Crippen LogP contribution in [0.5, 0.6) is 0 Å². The van der Waals surface area contributed by atoms with E-state index < -0.39 is 30.8 Å². The van der Waals surface area contributed by atoms with Crippen molar-refractivity contribution in [2.24, 2.45) is 0 Å². The maximum absolute atomic E-state index is 12.9. The fourth-order valence-electron chi connectivity index (χ4n) is 1.15. The third-order valence-electron chi connectivity index (χ3n) is 2.23. The molecule has 0 aromatic heterocycles. The molecule has 5 nitrogen and oxygen atoms in total. The molecular weight excluding hydrogens is 274 g/mol. The smallest absolute Gasteiger partial charge is 0.383 e. The average Bonchev–Trinajstić information content (AvgIpc) is 2.37. The summed E-state index contributed by atoms with van der Waals surface area (Å²) in [5.41, 5.74) is 0. The van der Waals surface area contributed by atoms with Crippen LogP contribution < -0.4 is 0 Å². The summed E-state index contributed by atoms with van der Waals surface area (Å²) in [6.45, 7) is -0.891. The van der Waals surface area contributed by atoms with E-state index >= 15 is 0 Å². The van der Waals surface area contributed by atoms with Crippen molar-refractivity contribution >= 4 is 11.9 Å². The first-order valence-corrected chi connectivity index (χ1v) is 5.28. The topological polar surface area (TPSA) is 55.8 Å². The minimum atomic E-state index is -4.79. The van der Waals surface area contributed by atoms with Crippen LogP contribution in [-0.2, 0) is 19.1 Å². The Hall–Kier alpha value is -1.38. The molecule has 0 rings (SSSR count). The van der Waals surface area contributed by atoms with Gasteiger partial charge in [-0.05, 0) is 0 Å². The van der Waals surface area contributed by atoms with E-state index in [9.17, 15) is 27.2 Å². The van der Waals surface area contributed by atoms with Crippen molar-refractivity contribution in [1.82, 2.24) is 4.90 Å². The van der Waals surface area contributed by atoms with Gasteiger partial charge < -0.3 is 14.4 Å². The second kappa shape index (κ2) is 7.93. The van der Waals surface area contributed by atoms with Gasteiger partial charge in [-0.3, -0.25) is 9.59 Å². The van der Waals surface area contributed by atoms with Crippen molar-refractivity contribution in [2.45, 2.75) is 18.8 Å². The summed E-state index contributed by atoms with van der Waals surface area (Å²) < 4.78 is 58.9. The standard InChI is InChI=1S/C10H15F4NO4/c1-18-6-5-15(4-3-7(16)19-2)9(17)10(13,14)8(11)12/h8H,3-6H2,1-2H3. The molecule has 19 heavy (non-hydrogen) atoms. The summed E-state index contributed by atoms with van der Waals surface area (Å²) >= 11 is 0. The summed E-state index contributed by atoms with van der Waals surface area (Å²) in [6.07, 6.45) is -4.48. The normalized spacial score (nSPS) is 11.5. The molecule has 0 N–H and O–H groups in total. The third kappa shape index (κ3) is 5.41. The molecule has 0 aromatic carbocycles. The SMILES string of the molecule is COCCN(CCC(=O)OC)C(=O)C(F)(F)C(F)F. The van der Waals surface area contributed by atoms with Crippen LogP contribution in [-0.4, -0.2) is 63.0 Å². The molecule has 0 spiro atoms. The van der Waals surface area contributed by atoms with Gasteiger partial charge in [-0.25, -0.2) is 8.78 Å².